The van der Waals surface area contributed by atoms with Gasteiger partial charge in [-0.15, -0.1) is 0 Å². The number of halogens is 1. The Hall–Kier alpha value is -1.79. The first-order valence-electron chi connectivity index (χ1n) is 7.66. The molecule has 0 radical (unpaired) electrons. The maximum Gasteiger partial charge on any atom is 0.266 e. The van der Waals surface area contributed by atoms with Gasteiger partial charge in [-0.05, 0) is 55.2 Å². The van der Waals surface area contributed by atoms with Crippen molar-refractivity contribution < 1.29 is 13.2 Å². The van der Waals surface area contributed by atoms with Gasteiger partial charge in [0.25, 0.3) is 10.0 Å². The monoisotopic (exact) mass is 368 g/mol. The first-order chi connectivity index (χ1) is 11.2. The van der Waals surface area contributed by atoms with Gasteiger partial charge in [-0.25, -0.2) is 13.4 Å². The lowest BCUT2D eigenvalue weighted by Crippen LogP contribution is -2.16. The number of hydrogen-bond donors (Lipinski definition) is 1. The Balaban J connectivity index is 2.50. The van der Waals surface area contributed by atoms with Crippen LogP contribution in [-0.2, 0) is 10.0 Å². The van der Waals surface area contributed by atoms with Crippen molar-refractivity contribution in [1.29, 1.82) is 0 Å². The smallest absolute Gasteiger partial charge is 0.266 e. The molecular formula is C17H21ClN2O3S. The summed E-state index contributed by atoms with van der Waals surface area (Å²) in [5, 5.41) is 0.436. The summed E-state index contributed by atoms with van der Waals surface area (Å²) >= 11 is 5.78. The third-order valence-corrected chi connectivity index (χ3v) is 5.11. The normalized spacial score (nSPS) is 11.6. The number of benzene rings is 1. The van der Waals surface area contributed by atoms with Crippen LogP contribution in [0.4, 0.5) is 5.82 Å². The van der Waals surface area contributed by atoms with Crippen LogP contribution in [0.25, 0.3) is 0 Å². The summed E-state index contributed by atoms with van der Waals surface area (Å²) < 4.78 is 33.6. The molecule has 0 aliphatic carbocycles. The quantitative estimate of drug-likeness (QED) is 0.822. The number of aromatic nitrogens is 1. The van der Waals surface area contributed by atoms with E-state index in [0.29, 0.717) is 17.4 Å². The molecule has 0 unspecified atom stereocenters. The number of anilines is 1. The van der Waals surface area contributed by atoms with Crippen molar-refractivity contribution in [3.05, 3.63) is 46.6 Å². The summed E-state index contributed by atoms with van der Waals surface area (Å²) in [6, 6.07) is 6.52. The predicted molar refractivity (Wildman–Crippen MR) is 96.5 cm³/mol. The number of aryl methyl sites for hydroxylation is 1. The van der Waals surface area contributed by atoms with E-state index in [-0.39, 0.29) is 16.6 Å². The summed E-state index contributed by atoms with van der Waals surface area (Å²) in [4.78, 5) is 4.08. The number of rotatable bonds is 6. The zero-order valence-corrected chi connectivity index (χ0v) is 15.7. The number of sulfonamides is 1. The molecule has 0 amide bonds. The highest BCUT2D eigenvalue weighted by molar-refractivity contribution is 7.92. The van der Waals surface area contributed by atoms with Crippen LogP contribution in [-0.4, -0.2) is 20.0 Å². The lowest BCUT2D eigenvalue weighted by atomic mass is 9.98. The van der Waals surface area contributed by atoms with Crippen molar-refractivity contribution in [2.24, 2.45) is 0 Å². The molecule has 0 aliphatic rings. The third-order valence-electron chi connectivity index (χ3n) is 3.51. The molecule has 0 bridgehead atoms. The van der Waals surface area contributed by atoms with Crippen LogP contribution in [0.15, 0.2) is 35.4 Å². The molecule has 7 heteroatoms. The first kappa shape index (κ1) is 18.5. The number of nitrogens with zero attached hydrogens (tertiary/aromatic N) is 1. The van der Waals surface area contributed by atoms with Crippen molar-refractivity contribution in [1.82, 2.24) is 4.98 Å². The average Bonchev–Trinajstić information content (AvgIpc) is 2.49. The number of pyridine rings is 1. The fourth-order valence-corrected chi connectivity index (χ4v) is 3.69. The van der Waals surface area contributed by atoms with Crippen LogP contribution < -0.4 is 9.46 Å². The van der Waals surface area contributed by atoms with Crippen molar-refractivity contribution in [3.8, 4) is 5.75 Å². The van der Waals surface area contributed by atoms with E-state index >= 15 is 0 Å². The minimum absolute atomic E-state index is 0.107. The molecule has 0 spiro atoms. The second-order valence-electron chi connectivity index (χ2n) is 5.71. The van der Waals surface area contributed by atoms with E-state index in [2.05, 4.69) is 9.71 Å². The van der Waals surface area contributed by atoms with E-state index in [0.717, 1.165) is 11.1 Å². The van der Waals surface area contributed by atoms with Gasteiger partial charge >= 0.3 is 0 Å². The molecule has 2 aromatic rings. The van der Waals surface area contributed by atoms with Crippen LogP contribution in [0.3, 0.4) is 0 Å². The second kappa shape index (κ2) is 7.40. The third kappa shape index (κ3) is 4.19. The van der Waals surface area contributed by atoms with Gasteiger partial charge in [0.15, 0.2) is 0 Å². The Labute approximate surface area is 148 Å². The van der Waals surface area contributed by atoms with E-state index in [4.69, 9.17) is 16.3 Å². The fraction of sp³-hybridized carbons (Fsp3) is 0.353. The SMILES string of the molecule is CCOc1cc(C)c(C(C)C)cc1S(=O)(=O)Nc1ccc(Cl)cn1. The number of ether oxygens (including phenoxy) is 1. The molecule has 2 rings (SSSR count). The predicted octanol–water partition coefficient (Wildman–Crippen LogP) is 4.37. The molecule has 24 heavy (non-hydrogen) atoms. The molecule has 1 heterocycles. The lowest BCUT2D eigenvalue weighted by Gasteiger charge is -2.17. The van der Waals surface area contributed by atoms with Gasteiger partial charge in [0.2, 0.25) is 0 Å². The molecule has 0 saturated heterocycles. The van der Waals surface area contributed by atoms with Gasteiger partial charge < -0.3 is 4.74 Å². The van der Waals surface area contributed by atoms with E-state index in [1.807, 2.05) is 27.7 Å². The van der Waals surface area contributed by atoms with Crippen LogP contribution >= 0.6 is 11.6 Å². The zero-order chi connectivity index (χ0) is 17.9. The average molecular weight is 369 g/mol. The molecule has 1 aromatic heterocycles. The van der Waals surface area contributed by atoms with Gasteiger partial charge in [0.1, 0.15) is 16.5 Å². The molecule has 1 aromatic carbocycles. The first-order valence-corrected chi connectivity index (χ1v) is 9.52. The van der Waals surface area contributed by atoms with Gasteiger partial charge in [0.05, 0.1) is 11.6 Å². The Morgan fingerprint density at radius 3 is 2.54 bits per heavy atom. The van der Waals surface area contributed by atoms with Gasteiger partial charge in [-0.3, -0.25) is 4.72 Å². The van der Waals surface area contributed by atoms with Crippen LogP contribution in [0.1, 0.15) is 37.8 Å². The summed E-state index contributed by atoms with van der Waals surface area (Å²) in [5.74, 6) is 0.734. The van der Waals surface area contributed by atoms with Crippen molar-refractivity contribution in [2.75, 3.05) is 11.3 Å². The molecule has 1 N–H and O–H groups in total. The summed E-state index contributed by atoms with van der Waals surface area (Å²) in [6.45, 7) is 8.18. The largest absolute Gasteiger partial charge is 0.492 e. The van der Waals surface area contributed by atoms with Gasteiger partial charge in [-0.1, -0.05) is 25.4 Å². The van der Waals surface area contributed by atoms with E-state index in [1.54, 1.807) is 18.2 Å². The summed E-state index contributed by atoms with van der Waals surface area (Å²) in [6.07, 6.45) is 1.39. The van der Waals surface area contributed by atoms with Crippen LogP contribution in [0, 0.1) is 6.92 Å². The Kier molecular flexibility index (Phi) is 5.72. The van der Waals surface area contributed by atoms with E-state index in [9.17, 15) is 8.42 Å². The highest BCUT2D eigenvalue weighted by Crippen LogP contribution is 2.32. The lowest BCUT2D eigenvalue weighted by molar-refractivity contribution is 0.330. The summed E-state index contributed by atoms with van der Waals surface area (Å²) in [7, 11) is -3.83. The van der Waals surface area contributed by atoms with Crippen LogP contribution in [0.5, 0.6) is 5.75 Å². The maximum atomic E-state index is 12.8. The fourth-order valence-electron chi connectivity index (χ4n) is 2.41. The molecule has 130 valence electrons. The molecule has 0 atom stereocenters. The Morgan fingerprint density at radius 1 is 1.29 bits per heavy atom. The number of nitrogens with one attached hydrogen (secondary N) is 1. The molecule has 0 aliphatic heterocycles. The van der Waals surface area contributed by atoms with Crippen molar-refractivity contribution in [2.45, 2.75) is 38.5 Å². The highest BCUT2D eigenvalue weighted by atomic mass is 35.5. The maximum absolute atomic E-state index is 12.8. The molecule has 0 fully saturated rings. The molecule has 0 saturated carbocycles. The highest BCUT2D eigenvalue weighted by Gasteiger charge is 2.23. The van der Waals surface area contributed by atoms with Crippen molar-refractivity contribution in [3.63, 3.8) is 0 Å². The topological polar surface area (TPSA) is 68.3 Å². The van der Waals surface area contributed by atoms with E-state index in [1.165, 1.54) is 12.3 Å². The molecule has 5 nitrogen and oxygen atoms in total. The standard InChI is InChI=1S/C17H21ClN2O3S/c1-5-23-15-8-12(4)14(11(2)3)9-16(15)24(21,22)20-17-7-6-13(18)10-19-17/h6-11H,5H2,1-4H3,(H,19,20). The van der Waals surface area contributed by atoms with Gasteiger partial charge in [0, 0.05) is 6.20 Å². The zero-order valence-electron chi connectivity index (χ0n) is 14.1. The van der Waals surface area contributed by atoms with Gasteiger partial charge in [-0.2, -0.15) is 0 Å². The Bertz CT molecular complexity index is 818. The van der Waals surface area contributed by atoms with Crippen molar-refractivity contribution >= 4 is 27.4 Å². The summed E-state index contributed by atoms with van der Waals surface area (Å²) in [5.41, 5.74) is 1.96. The Morgan fingerprint density at radius 2 is 2.00 bits per heavy atom. The number of hydrogen-bond acceptors (Lipinski definition) is 4. The van der Waals surface area contributed by atoms with Crippen LogP contribution in [0.2, 0.25) is 5.02 Å². The molecular weight excluding hydrogens is 348 g/mol. The van der Waals surface area contributed by atoms with E-state index < -0.39 is 10.0 Å². The minimum Gasteiger partial charge on any atom is -0.492 e. The minimum atomic E-state index is -3.83. The second-order valence-corrected chi connectivity index (χ2v) is 7.80.